The molecular formula is C16H25NO3. The normalized spacial score (nSPS) is 13.9. The lowest BCUT2D eigenvalue weighted by atomic mass is 10.1. The maximum absolute atomic E-state index is 11.9. The number of carbonyl (C=O) groups is 1. The van der Waals surface area contributed by atoms with Crippen LogP contribution in [0.25, 0.3) is 0 Å². The molecule has 20 heavy (non-hydrogen) atoms. The van der Waals surface area contributed by atoms with E-state index in [1.807, 2.05) is 6.07 Å². The molecule has 1 unspecified atom stereocenters. The van der Waals surface area contributed by atoms with Crippen molar-refractivity contribution in [1.82, 2.24) is 5.32 Å². The lowest BCUT2D eigenvalue weighted by Crippen LogP contribution is -2.37. The second-order valence-corrected chi connectivity index (χ2v) is 5.48. The SMILES string of the molecule is CC(C)CCNC(=O)C(C)Oc1cccc([C@@H](C)O)c1. The third kappa shape index (κ3) is 5.61. The van der Waals surface area contributed by atoms with E-state index < -0.39 is 12.2 Å². The van der Waals surface area contributed by atoms with Crippen LogP contribution in [0.15, 0.2) is 24.3 Å². The Bertz CT molecular complexity index is 429. The van der Waals surface area contributed by atoms with Gasteiger partial charge in [-0.3, -0.25) is 4.79 Å². The molecule has 1 aromatic rings. The van der Waals surface area contributed by atoms with Crippen molar-refractivity contribution in [2.75, 3.05) is 6.54 Å². The van der Waals surface area contributed by atoms with Gasteiger partial charge in [-0.05, 0) is 43.9 Å². The Hall–Kier alpha value is -1.55. The summed E-state index contributed by atoms with van der Waals surface area (Å²) in [4.78, 5) is 11.9. The standard InChI is InChI=1S/C16H25NO3/c1-11(2)8-9-17-16(19)13(4)20-15-7-5-6-14(10-15)12(3)18/h5-7,10-13,18H,8-9H2,1-4H3,(H,17,19)/t12-,13?/m1/s1. The average Bonchev–Trinajstić information content (AvgIpc) is 2.38. The van der Waals surface area contributed by atoms with E-state index in [9.17, 15) is 9.90 Å². The third-order valence-electron chi connectivity index (χ3n) is 3.04. The van der Waals surface area contributed by atoms with Gasteiger partial charge in [-0.1, -0.05) is 26.0 Å². The van der Waals surface area contributed by atoms with Gasteiger partial charge < -0.3 is 15.2 Å². The van der Waals surface area contributed by atoms with Crippen molar-refractivity contribution in [3.8, 4) is 5.75 Å². The molecule has 0 radical (unpaired) electrons. The van der Waals surface area contributed by atoms with Gasteiger partial charge in [-0.25, -0.2) is 0 Å². The van der Waals surface area contributed by atoms with Crippen molar-refractivity contribution in [3.05, 3.63) is 29.8 Å². The Balaban J connectivity index is 2.50. The predicted octanol–water partition coefficient (Wildman–Crippen LogP) is 2.67. The first-order valence-corrected chi connectivity index (χ1v) is 7.12. The van der Waals surface area contributed by atoms with Crippen LogP contribution in [0.5, 0.6) is 5.75 Å². The number of hydrogen-bond donors (Lipinski definition) is 2. The molecule has 2 atom stereocenters. The molecule has 0 aromatic heterocycles. The highest BCUT2D eigenvalue weighted by atomic mass is 16.5. The zero-order valence-electron chi connectivity index (χ0n) is 12.7. The van der Waals surface area contributed by atoms with Crippen LogP contribution < -0.4 is 10.1 Å². The van der Waals surface area contributed by atoms with E-state index in [1.54, 1.807) is 32.0 Å². The molecule has 4 heteroatoms. The molecule has 0 aliphatic rings. The Kier molecular flexibility index (Phi) is 6.52. The molecule has 1 amide bonds. The van der Waals surface area contributed by atoms with Crippen LogP contribution in [0.1, 0.15) is 45.8 Å². The first kappa shape index (κ1) is 16.5. The van der Waals surface area contributed by atoms with Gasteiger partial charge in [0, 0.05) is 6.54 Å². The lowest BCUT2D eigenvalue weighted by molar-refractivity contribution is -0.127. The van der Waals surface area contributed by atoms with Crippen molar-refractivity contribution in [3.63, 3.8) is 0 Å². The number of benzene rings is 1. The van der Waals surface area contributed by atoms with Crippen LogP contribution in [-0.2, 0) is 4.79 Å². The van der Waals surface area contributed by atoms with E-state index in [-0.39, 0.29) is 5.91 Å². The predicted molar refractivity (Wildman–Crippen MR) is 79.6 cm³/mol. The Morgan fingerprint density at radius 2 is 2.00 bits per heavy atom. The highest BCUT2D eigenvalue weighted by molar-refractivity contribution is 5.80. The minimum absolute atomic E-state index is 0.117. The summed E-state index contributed by atoms with van der Waals surface area (Å²) in [7, 11) is 0. The number of hydrogen-bond acceptors (Lipinski definition) is 3. The fourth-order valence-electron chi connectivity index (χ4n) is 1.73. The number of amides is 1. The van der Waals surface area contributed by atoms with Crippen molar-refractivity contribution in [2.24, 2.45) is 5.92 Å². The number of rotatable bonds is 7. The van der Waals surface area contributed by atoms with Crippen LogP contribution >= 0.6 is 0 Å². The van der Waals surface area contributed by atoms with E-state index in [1.165, 1.54) is 0 Å². The van der Waals surface area contributed by atoms with Gasteiger partial charge in [0.05, 0.1) is 6.10 Å². The molecule has 0 aliphatic heterocycles. The van der Waals surface area contributed by atoms with Crippen LogP contribution in [0.4, 0.5) is 0 Å². The molecule has 112 valence electrons. The van der Waals surface area contributed by atoms with Gasteiger partial charge >= 0.3 is 0 Å². The van der Waals surface area contributed by atoms with Gasteiger partial charge in [0.2, 0.25) is 0 Å². The van der Waals surface area contributed by atoms with Crippen LogP contribution in [-0.4, -0.2) is 23.7 Å². The molecule has 4 nitrogen and oxygen atoms in total. The third-order valence-corrected chi connectivity index (χ3v) is 3.04. The number of nitrogens with one attached hydrogen (secondary N) is 1. The van der Waals surface area contributed by atoms with Crippen LogP contribution in [0.3, 0.4) is 0 Å². The summed E-state index contributed by atoms with van der Waals surface area (Å²) in [5, 5.41) is 12.4. The van der Waals surface area contributed by atoms with Gasteiger partial charge in [-0.2, -0.15) is 0 Å². The Morgan fingerprint density at radius 1 is 1.30 bits per heavy atom. The summed E-state index contributed by atoms with van der Waals surface area (Å²) in [6.07, 6.45) is -0.143. The quantitative estimate of drug-likeness (QED) is 0.806. The molecule has 1 aromatic carbocycles. The number of carbonyl (C=O) groups excluding carboxylic acids is 1. The van der Waals surface area contributed by atoms with Crippen molar-refractivity contribution in [1.29, 1.82) is 0 Å². The maximum Gasteiger partial charge on any atom is 0.260 e. The van der Waals surface area contributed by atoms with E-state index in [0.717, 1.165) is 12.0 Å². The molecule has 0 heterocycles. The van der Waals surface area contributed by atoms with Crippen LogP contribution in [0.2, 0.25) is 0 Å². The van der Waals surface area contributed by atoms with E-state index in [0.29, 0.717) is 18.2 Å². The van der Waals surface area contributed by atoms with Crippen molar-refractivity contribution >= 4 is 5.91 Å². The molecule has 2 N–H and O–H groups in total. The monoisotopic (exact) mass is 279 g/mol. The first-order chi connectivity index (χ1) is 9.40. The molecule has 0 aliphatic carbocycles. The Morgan fingerprint density at radius 3 is 2.60 bits per heavy atom. The number of ether oxygens (including phenoxy) is 1. The summed E-state index contributed by atoms with van der Waals surface area (Å²) < 4.78 is 5.60. The number of aliphatic hydroxyl groups excluding tert-OH is 1. The van der Waals surface area contributed by atoms with Gasteiger partial charge in [-0.15, -0.1) is 0 Å². The molecule has 0 bridgehead atoms. The molecule has 0 fully saturated rings. The van der Waals surface area contributed by atoms with Crippen molar-refractivity contribution in [2.45, 2.75) is 46.3 Å². The Labute approximate surface area is 121 Å². The molecular weight excluding hydrogens is 254 g/mol. The van der Waals surface area contributed by atoms with Gasteiger partial charge in [0.1, 0.15) is 5.75 Å². The topological polar surface area (TPSA) is 58.6 Å². The second kappa shape index (κ2) is 7.90. The van der Waals surface area contributed by atoms with E-state index >= 15 is 0 Å². The largest absolute Gasteiger partial charge is 0.481 e. The second-order valence-electron chi connectivity index (χ2n) is 5.48. The zero-order valence-corrected chi connectivity index (χ0v) is 12.7. The minimum atomic E-state index is -0.550. The molecule has 1 rings (SSSR count). The summed E-state index contributed by atoms with van der Waals surface area (Å²) in [6.45, 7) is 8.32. The van der Waals surface area contributed by atoms with E-state index in [2.05, 4.69) is 19.2 Å². The lowest BCUT2D eigenvalue weighted by Gasteiger charge is -2.16. The zero-order chi connectivity index (χ0) is 15.1. The maximum atomic E-state index is 11.9. The highest BCUT2D eigenvalue weighted by Gasteiger charge is 2.14. The highest BCUT2D eigenvalue weighted by Crippen LogP contribution is 2.19. The summed E-state index contributed by atoms with van der Waals surface area (Å²) in [5.74, 6) is 1.04. The minimum Gasteiger partial charge on any atom is -0.481 e. The molecule has 0 saturated heterocycles. The van der Waals surface area contributed by atoms with Gasteiger partial charge in [0.15, 0.2) is 6.10 Å². The summed E-state index contributed by atoms with van der Waals surface area (Å²) >= 11 is 0. The van der Waals surface area contributed by atoms with E-state index in [4.69, 9.17) is 4.74 Å². The van der Waals surface area contributed by atoms with Gasteiger partial charge in [0.25, 0.3) is 5.91 Å². The molecule has 0 spiro atoms. The molecule has 0 saturated carbocycles. The van der Waals surface area contributed by atoms with Crippen LogP contribution in [0, 0.1) is 5.92 Å². The summed E-state index contributed by atoms with van der Waals surface area (Å²) in [5.41, 5.74) is 0.773. The fraction of sp³-hybridized carbons (Fsp3) is 0.562. The smallest absolute Gasteiger partial charge is 0.260 e. The average molecular weight is 279 g/mol. The fourth-order valence-corrected chi connectivity index (χ4v) is 1.73. The summed E-state index contributed by atoms with van der Waals surface area (Å²) in [6, 6.07) is 7.16. The number of aliphatic hydroxyl groups is 1. The first-order valence-electron chi connectivity index (χ1n) is 7.12. The van der Waals surface area contributed by atoms with Crippen molar-refractivity contribution < 1.29 is 14.6 Å².